The molecule has 0 spiro atoms. The molecule has 190 valence electrons. The number of ether oxygens (including phenoxy) is 1. The Balaban J connectivity index is 1.63. The van der Waals surface area contributed by atoms with E-state index in [2.05, 4.69) is 15.2 Å². The van der Waals surface area contributed by atoms with Gasteiger partial charge in [-0.05, 0) is 43.2 Å². The molecule has 0 aliphatic heterocycles. The number of halogens is 7. The Kier molecular flexibility index (Phi) is 6.05. The lowest BCUT2D eigenvalue weighted by molar-refractivity contribution is -0.138. The predicted octanol–water partition coefficient (Wildman–Crippen LogP) is 5.51. The third kappa shape index (κ3) is 4.64. The number of carbonyl (C=O) groups is 2. The lowest BCUT2D eigenvalue weighted by atomic mass is 9.93. The van der Waals surface area contributed by atoms with E-state index in [-0.39, 0.29) is 35.3 Å². The molecular formula is C23H16F7N3O3. The van der Waals surface area contributed by atoms with Crippen LogP contribution in [0.5, 0.6) is 0 Å². The van der Waals surface area contributed by atoms with Crippen molar-refractivity contribution in [2.45, 2.75) is 30.6 Å². The van der Waals surface area contributed by atoms with Crippen LogP contribution < -0.4 is 5.32 Å². The minimum absolute atomic E-state index is 0.0333. The highest BCUT2D eigenvalue weighted by atomic mass is 19.4. The van der Waals surface area contributed by atoms with Crippen LogP contribution >= 0.6 is 0 Å². The van der Waals surface area contributed by atoms with Gasteiger partial charge in [0.25, 0.3) is 0 Å². The van der Waals surface area contributed by atoms with Crippen molar-refractivity contribution in [2.24, 2.45) is 0 Å². The zero-order valence-electron chi connectivity index (χ0n) is 18.3. The maximum absolute atomic E-state index is 14.5. The first-order chi connectivity index (χ1) is 16.8. The second kappa shape index (κ2) is 8.64. The molecule has 1 heterocycles. The van der Waals surface area contributed by atoms with E-state index < -0.39 is 46.6 Å². The van der Waals surface area contributed by atoms with E-state index >= 15 is 0 Å². The molecule has 13 heteroatoms. The van der Waals surface area contributed by atoms with Gasteiger partial charge in [0.1, 0.15) is 5.82 Å². The number of rotatable bonds is 5. The lowest BCUT2D eigenvalue weighted by Gasteiger charge is -2.18. The molecule has 0 bridgehead atoms. The Bertz CT molecular complexity index is 1340. The predicted molar refractivity (Wildman–Crippen MR) is 111 cm³/mol. The molecule has 0 atom stereocenters. The summed E-state index contributed by atoms with van der Waals surface area (Å²) in [6.07, 6.45) is -7.81. The van der Waals surface area contributed by atoms with Gasteiger partial charge in [0, 0.05) is 17.4 Å². The van der Waals surface area contributed by atoms with Crippen molar-refractivity contribution in [3.63, 3.8) is 0 Å². The number of hydrogen-bond acceptors (Lipinski definition) is 4. The van der Waals surface area contributed by atoms with Crippen LogP contribution in [0.1, 0.15) is 39.9 Å². The highest BCUT2D eigenvalue weighted by molar-refractivity contribution is 6.03. The molecule has 2 aromatic carbocycles. The molecule has 1 fully saturated rings. The van der Waals surface area contributed by atoms with Crippen molar-refractivity contribution in [2.75, 3.05) is 12.4 Å². The first-order valence-corrected chi connectivity index (χ1v) is 10.3. The van der Waals surface area contributed by atoms with E-state index in [0.29, 0.717) is 24.5 Å². The second-order valence-electron chi connectivity index (χ2n) is 8.12. The zero-order chi connectivity index (χ0) is 26.5. The topological polar surface area (TPSA) is 73.2 Å². The zero-order valence-corrected chi connectivity index (χ0v) is 18.3. The average molecular weight is 515 g/mol. The molecule has 0 unspecified atom stereocenters. The van der Waals surface area contributed by atoms with E-state index in [0.717, 1.165) is 23.9 Å². The molecule has 1 aliphatic carbocycles. The third-order valence-electron chi connectivity index (χ3n) is 5.81. The standard InChI is InChI=1S/C23H16F7N3O3/c1-36-19(34)15-9-14(3-5-18(15)33-11-13(10-31-33)23(28,29)30)32-20(35)21(6-7-21)16-4-2-12(8-17(16)24)22(25,26)27/h2-5,8-11H,6-7H2,1H3,(H,32,35). The van der Waals surface area contributed by atoms with E-state index in [1.54, 1.807) is 0 Å². The normalized spacial score (nSPS) is 14.9. The van der Waals surface area contributed by atoms with Crippen LogP contribution in [-0.2, 0) is 27.3 Å². The summed E-state index contributed by atoms with van der Waals surface area (Å²) in [6.45, 7) is 0. The molecule has 1 N–H and O–H groups in total. The van der Waals surface area contributed by atoms with Crippen molar-refractivity contribution in [1.82, 2.24) is 9.78 Å². The first-order valence-electron chi connectivity index (χ1n) is 10.3. The number of hydrogen-bond donors (Lipinski definition) is 1. The molecule has 0 radical (unpaired) electrons. The fraction of sp³-hybridized carbons (Fsp3) is 0.261. The van der Waals surface area contributed by atoms with Gasteiger partial charge in [0.05, 0.1) is 41.1 Å². The van der Waals surface area contributed by atoms with Gasteiger partial charge in [0.2, 0.25) is 5.91 Å². The molecule has 1 aromatic heterocycles. The highest BCUT2D eigenvalue weighted by Crippen LogP contribution is 2.50. The van der Waals surface area contributed by atoms with Crippen molar-refractivity contribution in [3.8, 4) is 5.69 Å². The molecule has 36 heavy (non-hydrogen) atoms. The molecule has 1 amide bonds. The lowest BCUT2D eigenvalue weighted by Crippen LogP contribution is -2.29. The molecule has 3 aromatic rings. The van der Waals surface area contributed by atoms with E-state index in [1.807, 2.05) is 0 Å². The van der Waals surface area contributed by atoms with Crippen molar-refractivity contribution >= 4 is 17.6 Å². The Labute approximate surface area is 198 Å². The number of alkyl halides is 6. The Morgan fingerprint density at radius 3 is 2.19 bits per heavy atom. The summed E-state index contributed by atoms with van der Waals surface area (Å²) >= 11 is 0. The number of methoxy groups -OCH3 is 1. The van der Waals surface area contributed by atoms with Gasteiger partial charge >= 0.3 is 18.3 Å². The molecule has 0 saturated heterocycles. The number of benzene rings is 2. The molecule has 1 saturated carbocycles. The summed E-state index contributed by atoms with van der Waals surface area (Å²) in [6, 6.07) is 5.60. The van der Waals surface area contributed by atoms with Gasteiger partial charge in [-0.2, -0.15) is 31.4 Å². The quantitative estimate of drug-likeness (QED) is 0.360. The van der Waals surface area contributed by atoms with E-state index in [1.165, 1.54) is 12.1 Å². The van der Waals surface area contributed by atoms with E-state index in [4.69, 9.17) is 0 Å². The Morgan fingerprint density at radius 2 is 1.67 bits per heavy atom. The SMILES string of the molecule is COC(=O)c1cc(NC(=O)C2(c3ccc(C(F)(F)F)cc3F)CC2)ccc1-n1cc(C(F)(F)F)cn1. The number of esters is 1. The van der Waals surface area contributed by atoms with Crippen LogP contribution in [0.15, 0.2) is 48.8 Å². The summed E-state index contributed by atoms with van der Waals surface area (Å²) in [7, 11) is 1.05. The van der Waals surface area contributed by atoms with E-state index in [9.17, 15) is 40.3 Å². The Hall–Kier alpha value is -3.90. The van der Waals surface area contributed by atoms with Gasteiger partial charge in [0.15, 0.2) is 0 Å². The van der Waals surface area contributed by atoms with Crippen molar-refractivity contribution in [3.05, 3.63) is 76.9 Å². The van der Waals surface area contributed by atoms with Crippen LogP contribution in [0, 0.1) is 5.82 Å². The van der Waals surface area contributed by atoms with Gasteiger partial charge in [-0.1, -0.05) is 6.07 Å². The van der Waals surface area contributed by atoms with Crippen LogP contribution in [0.3, 0.4) is 0 Å². The monoisotopic (exact) mass is 515 g/mol. The number of amides is 1. The summed E-state index contributed by atoms with van der Waals surface area (Å²) in [5.41, 5.74) is -4.10. The molecule has 6 nitrogen and oxygen atoms in total. The maximum atomic E-state index is 14.5. The summed E-state index contributed by atoms with van der Waals surface area (Å²) in [5.74, 6) is -2.83. The second-order valence-corrected chi connectivity index (χ2v) is 8.12. The summed E-state index contributed by atoms with van der Waals surface area (Å²) in [5, 5.41) is 6.12. The van der Waals surface area contributed by atoms with Gasteiger partial charge in [-0.15, -0.1) is 0 Å². The van der Waals surface area contributed by atoms with Gasteiger partial charge in [-0.3, -0.25) is 4.79 Å². The molecule has 4 rings (SSSR count). The first kappa shape index (κ1) is 25.2. The largest absolute Gasteiger partial charge is 0.465 e. The van der Waals surface area contributed by atoms with Gasteiger partial charge < -0.3 is 10.1 Å². The third-order valence-corrected chi connectivity index (χ3v) is 5.81. The van der Waals surface area contributed by atoms with Crippen LogP contribution in [0.25, 0.3) is 5.69 Å². The van der Waals surface area contributed by atoms with Crippen LogP contribution in [0.2, 0.25) is 0 Å². The fourth-order valence-corrected chi connectivity index (χ4v) is 3.76. The fourth-order valence-electron chi connectivity index (χ4n) is 3.76. The number of nitrogens with one attached hydrogen (secondary N) is 1. The molecular weight excluding hydrogens is 499 g/mol. The average Bonchev–Trinajstić information content (AvgIpc) is 3.45. The van der Waals surface area contributed by atoms with Gasteiger partial charge in [-0.25, -0.2) is 13.9 Å². The highest BCUT2D eigenvalue weighted by Gasteiger charge is 2.53. The maximum Gasteiger partial charge on any atom is 0.419 e. The number of carbonyl (C=O) groups excluding carboxylic acids is 2. The van der Waals surface area contributed by atoms with Crippen LogP contribution in [-0.4, -0.2) is 28.8 Å². The number of anilines is 1. The summed E-state index contributed by atoms with van der Waals surface area (Å²) in [4.78, 5) is 25.3. The minimum Gasteiger partial charge on any atom is -0.465 e. The minimum atomic E-state index is -4.75. The van der Waals surface area contributed by atoms with Crippen LogP contribution in [0.4, 0.5) is 36.4 Å². The number of nitrogens with zero attached hydrogens (tertiary/aromatic N) is 2. The molecule has 1 aliphatic rings. The summed E-state index contributed by atoms with van der Waals surface area (Å²) < 4.78 is 97.4. The van der Waals surface area contributed by atoms with Crippen molar-refractivity contribution in [1.29, 1.82) is 0 Å². The number of aromatic nitrogens is 2. The smallest absolute Gasteiger partial charge is 0.419 e. The van der Waals surface area contributed by atoms with Crippen molar-refractivity contribution < 1.29 is 45.1 Å². The Morgan fingerprint density at radius 1 is 1.00 bits per heavy atom.